The molecular weight excluding hydrogens is 202 g/mol. The van der Waals surface area contributed by atoms with Crippen LogP contribution in [-0.2, 0) is 24.1 Å². The van der Waals surface area contributed by atoms with Crippen molar-refractivity contribution in [3.8, 4) is 0 Å². The Bertz CT molecular complexity index is 429. The summed E-state index contributed by atoms with van der Waals surface area (Å²) >= 11 is 0. The van der Waals surface area contributed by atoms with Crippen LogP contribution in [-0.4, -0.2) is 16.1 Å². The lowest BCUT2D eigenvalue weighted by Gasteiger charge is -2.11. The van der Waals surface area contributed by atoms with Gasteiger partial charge in [0.05, 0.1) is 6.42 Å². The fraction of sp³-hybridized carbons (Fsp3) is 0.615. The molecule has 0 amide bonds. The van der Waals surface area contributed by atoms with Gasteiger partial charge in [-0.1, -0.05) is 0 Å². The zero-order chi connectivity index (χ0) is 11.1. The Balaban J connectivity index is 2.02. The van der Waals surface area contributed by atoms with E-state index in [1.807, 2.05) is 0 Å². The van der Waals surface area contributed by atoms with E-state index in [1.165, 1.54) is 42.6 Å². The number of aryl methyl sites for hydroxylation is 1. The summed E-state index contributed by atoms with van der Waals surface area (Å²) in [7, 11) is 0. The lowest BCUT2D eigenvalue weighted by atomic mass is 9.93. The first-order valence-corrected chi connectivity index (χ1v) is 6.20. The van der Waals surface area contributed by atoms with Crippen molar-refractivity contribution in [1.82, 2.24) is 4.98 Å². The van der Waals surface area contributed by atoms with Crippen LogP contribution in [0.1, 0.15) is 54.1 Å². The first-order valence-electron chi connectivity index (χ1n) is 6.20. The molecule has 1 fully saturated rings. The number of hydrogen-bond donors (Lipinski definition) is 2. The molecule has 1 heterocycles. The molecule has 86 valence electrons. The number of rotatable bonds is 3. The van der Waals surface area contributed by atoms with Crippen molar-refractivity contribution in [3.05, 3.63) is 22.5 Å². The highest BCUT2D eigenvalue weighted by molar-refractivity contribution is 5.72. The number of carboxylic acid groups (broad SMARTS) is 1. The van der Waals surface area contributed by atoms with Crippen molar-refractivity contribution in [2.24, 2.45) is 0 Å². The van der Waals surface area contributed by atoms with Crippen LogP contribution >= 0.6 is 0 Å². The van der Waals surface area contributed by atoms with Gasteiger partial charge < -0.3 is 10.1 Å². The monoisotopic (exact) mass is 219 g/mol. The van der Waals surface area contributed by atoms with Crippen LogP contribution < -0.4 is 0 Å². The lowest BCUT2D eigenvalue weighted by molar-refractivity contribution is -0.136. The number of carbonyl (C=O) groups is 1. The number of aromatic nitrogens is 1. The second kappa shape index (κ2) is 3.65. The predicted octanol–water partition coefficient (Wildman–Crippen LogP) is 2.40. The SMILES string of the molecule is O=C(O)Cc1c(C2CC2)[nH]c2c1CCCC2. The van der Waals surface area contributed by atoms with Gasteiger partial charge in [0.15, 0.2) is 0 Å². The van der Waals surface area contributed by atoms with Gasteiger partial charge in [-0.05, 0) is 55.6 Å². The molecule has 3 rings (SSSR count). The van der Waals surface area contributed by atoms with Crippen LogP contribution in [0.3, 0.4) is 0 Å². The largest absolute Gasteiger partial charge is 0.481 e. The number of fused-ring (bicyclic) bond motifs is 1. The predicted molar refractivity (Wildman–Crippen MR) is 60.7 cm³/mol. The summed E-state index contributed by atoms with van der Waals surface area (Å²) in [5.74, 6) is -0.0748. The third-order valence-electron chi connectivity index (χ3n) is 3.76. The molecule has 1 aromatic rings. The minimum atomic E-state index is -0.700. The number of hydrogen-bond acceptors (Lipinski definition) is 1. The van der Waals surface area contributed by atoms with Gasteiger partial charge >= 0.3 is 5.97 Å². The van der Waals surface area contributed by atoms with E-state index in [0.717, 1.165) is 18.4 Å². The summed E-state index contributed by atoms with van der Waals surface area (Å²) in [6.45, 7) is 0. The molecule has 1 aromatic heterocycles. The zero-order valence-electron chi connectivity index (χ0n) is 9.38. The normalized spacial score (nSPS) is 19.5. The van der Waals surface area contributed by atoms with Gasteiger partial charge in [0, 0.05) is 11.4 Å². The first-order chi connectivity index (χ1) is 7.75. The molecule has 2 N–H and O–H groups in total. The van der Waals surface area contributed by atoms with Crippen molar-refractivity contribution in [3.63, 3.8) is 0 Å². The van der Waals surface area contributed by atoms with E-state index >= 15 is 0 Å². The highest BCUT2D eigenvalue weighted by Gasteiger charge is 2.31. The Morgan fingerprint density at radius 3 is 2.75 bits per heavy atom. The lowest BCUT2D eigenvalue weighted by Crippen LogP contribution is -2.07. The quantitative estimate of drug-likeness (QED) is 0.820. The summed E-state index contributed by atoms with van der Waals surface area (Å²) in [6.07, 6.45) is 7.29. The van der Waals surface area contributed by atoms with Crippen LogP contribution in [0.4, 0.5) is 0 Å². The molecular formula is C13H17NO2. The maximum atomic E-state index is 10.9. The molecule has 3 heteroatoms. The smallest absolute Gasteiger partial charge is 0.307 e. The van der Waals surface area contributed by atoms with Gasteiger partial charge in [0.25, 0.3) is 0 Å². The summed E-state index contributed by atoms with van der Waals surface area (Å²) < 4.78 is 0. The molecule has 0 unspecified atom stereocenters. The molecule has 3 nitrogen and oxygen atoms in total. The minimum Gasteiger partial charge on any atom is -0.481 e. The first kappa shape index (κ1) is 9.94. The van der Waals surface area contributed by atoms with Crippen molar-refractivity contribution < 1.29 is 9.90 Å². The Hall–Kier alpha value is -1.25. The van der Waals surface area contributed by atoms with Gasteiger partial charge in [0.2, 0.25) is 0 Å². The molecule has 2 aliphatic carbocycles. The van der Waals surface area contributed by atoms with Gasteiger partial charge in [0.1, 0.15) is 0 Å². The fourth-order valence-corrected chi connectivity index (χ4v) is 2.85. The van der Waals surface area contributed by atoms with Crippen molar-refractivity contribution in [2.75, 3.05) is 0 Å². The summed E-state index contributed by atoms with van der Waals surface area (Å²) in [4.78, 5) is 14.4. The van der Waals surface area contributed by atoms with Gasteiger partial charge in [-0.2, -0.15) is 0 Å². The summed E-state index contributed by atoms with van der Waals surface area (Å²) in [6, 6.07) is 0. The molecule has 0 atom stereocenters. The third-order valence-corrected chi connectivity index (χ3v) is 3.76. The van der Waals surface area contributed by atoms with E-state index in [0.29, 0.717) is 5.92 Å². The maximum Gasteiger partial charge on any atom is 0.307 e. The summed E-state index contributed by atoms with van der Waals surface area (Å²) in [5.41, 5.74) is 5.01. The molecule has 0 aliphatic heterocycles. The van der Waals surface area contributed by atoms with E-state index in [2.05, 4.69) is 4.98 Å². The zero-order valence-corrected chi connectivity index (χ0v) is 9.38. The van der Waals surface area contributed by atoms with E-state index < -0.39 is 5.97 Å². The fourth-order valence-electron chi connectivity index (χ4n) is 2.85. The molecule has 1 saturated carbocycles. The average Bonchev–Trinajstić information content (AvgIpc) is 3.03. The molecule has 0 saturated heterocycles. The standard InChI is InChI=1S/C13H17NO2/c15-12(16)7-10-9-3-1-2-4-11(9)14-13(10)8-5-6-8/h8,14H,1-7H2,(H,15,16). The Kier molecular flexibility index (Phi) is 2.27. The second-order valence-electron chi connectivity index (χ2n) is 5.03. The number of aliphatic carboxylic acids is 1. The van der Waals surface area contributed by atoms with Crippen LogP contribution in [0.5, 0.6) is 0 Å². The van der Waals surface area contributed by atoms with Gasteiger partial charge in [-0.25, -0.2) is 0 Å². The topological polar surface area (TPSA) is 53.1 Å². The van der Waals surface area contributed by atoms with E-state index in [-0.39, 0.29) is 6.42 Å². The van der Waals surface area contributed by atoms with Crippen LogP contribution in [0.15, 0.2) is 0 Å². The van der Waals surface area contributed by atoms with Crippen LogP contribution in [0.25, 0.3) is 0 Å². The maximum absolute atomic E-state index is 10.9. The molecule has 0 radical (unpaired) electrons. The van der Waals surface area contributed by atoms with Gasteiger partial charge in [-0.15, -0.1) is 0 Å². The molecule has 0 aromatic carbocycles. The highest BCUT2D eigenvalue weighted by Crippen LogP contribution is 2.43. The van der Waals surface area contributed by atoms with Crippen molar-refractivity contribution in [1.29, 1.82) is 0 Å². The Morgan fingerprint density at radius 2 is 2.06 bits per heavy atom. The van der Waals surface area contributed by atoms with Gasteiger partial charge in [-0.3, -0.25) is 4.79 Å². The Morgan fingerprint density at radius 1 is 1.31 bits per heavy atom. The summed E-state index contributed by atoms with van der Waals surface area (Å²) in [5, 5.41) is 9.00. The Labute approximate surface area is 94.9 Å². The molecule has 0 bridgehead atoms. The number of aromatic amines is 1. The molecule has 2 aliphatic rings. The molecule has 16 heavy (non-hydrogen) atoms. The van der Waals surface area contributed by atoms with Crippen LogP contribution in [0, 0.1) is 0 Å². The van der Waals surface area contributed by atoms with Crippen LogP contribution in [0.2, 0.25) is 0 Å². The number of carboxylic acids is 1. The van der Waals surface area contributed by atoms with E-state index in [1.54, 1.807) is 0 Å². The van der Waals surface area contributed by atoms with Crippen molar-refractivity contribution >= 4 is 5.97 Å². The average molecular weight is 219 g/mol. The second-order valence-corrected chi connectivity index (χ2v) is 5.03. The van der Waals surface area contributed by atoms with E-state index in [4.69, 9.17) is 5.11 Å². The highest BCUT2D eigenvalue weighted by atomic mass is 16.4. The minimum absolute atomic E-state index is 0.206. The number of nitrogens with one attached hydrogen (secondary N) is 1. The number of H-pyrrole nitrogens is 1. The van der Waals surface area contributed by atoms with E-state index in [9.17, 15) is 4.79 Å². The van der Waals surface area contributed by atoms with Crippen molar-refractivity contribution in [2.45, 2.75) is 50.9 Å². The third kappa shape index (κ3) is 1.64. The molecule has 0 spiro atoms.